The van der Waals surface area contributed by atoms with E-state index in [9.17, 15) is 9.59 Å². The van der Waals surface area contributed by atoms with Gasteiger partial charge in [-0.25, -0.2) is 0 Å². The first-order valence-electron chi connectivity index (χ1n) is 8.61. The highest BCUT2D eigenvalue weighted by Crippen LogP contribution is 2.27. The van der Waals surface area contributed by atoms with E-state index in [-0.39, 0.29) is 18.9 Å². The molecule has 0 spiro atoms. The van der Waals surface area contributed by atoms with Crippen LogP contribution in [0.2, 0.25) is 0 Å². The van der Waals surface area contributed by atoms with Gasteiger partial charge in [-0.1, -0.05) is 12.1 Å². The molecule has 134 valence electrons. The minimum Gasteiger partial charge on any atom is -0.491 e. The van der Waals surface area contributed by atoms with Gasteiger partial charge in [0.05, 0.1) is 6.10 Å². The number of benzene rings is 1. The van der Waals surface area contributed by atoms with Crippen LogP contribution in [0.1, 0.15) is 63.5 Å². The van der Waals surface area contributed by atoms with Crippen LogP contribution in [0.25, 0.3) is 0 Å². The van der Waals surface area contributed by atoms with Crippen molar-refractivity contribution < 1.29 is 24.5 Å². The number of aryl methyl sites for hydroxylation is 1. The van der Waals surface area contributed by atoms with Crippen molar-refractivity contribution in [3.05, 3.63) is 29.3 Å². The second-order valence-corrected chi connectivity index (χ2v) is 6.26. The van der Waals surface area contributed by atoms with Crippen LogP contribution < -0.4 is 4.74 Å². The topological polar surface area (TPSA) is 83.8 Å². The molecule has 0 unspecified atom stereocenters. The minimum absolute atomic E-state index is 0.0741. The standard InChI is InChI=1S/C19H28O5/c1-14(2)24-17-11-7-9-15(8-3-5-12-18(20)21)16(17)10-4-6-13-19(22)23/h7,9,11,14H,3-6,8,10,12-13H2,1-2H3,(H,20,21)(H,22,23). The number of carbonyl (C=O) groups is 2. The van der Waals surface area contributed by atoms with Crippen molar-refractivity contribution in [2.45, 2.75) is 71.3 Å². The van der Waals surface area contributed by atoms with Gasteiger partial charge in [0.2, 0.25) is 0 Å². The molecule has 0 saturated carbocycles. The lowest BCUT2D eigenvalue weighted by atomic mass is 9.96. The Balaban J connectivity index is 2.75. The molecule has 24 heavy (non-hydrogen) atoms. The number of rotatable bonds is 12. The lowest BCUT2D eigenvalue weighted by Crippen LogP contribution is -2.09. The van der Waals surface area contributed by atoms with Crippen molar-refractivity contribution in [1.29, 1.82) is 0 Å². The van der Waals surface area contributed by atoms with E-state index in [4.69, 9.17) is 14.9 Å². The van der Waals surface area contributed by atoms with E-state index < -0.39 is 11.9 Å². The average Bonchev–Trinajstić information content (AvgIpc) is 2.48. The quantitative estimate of drug-likeness (QED) is 0.562. The lowest BCUT2D eigenvalue weighted by Gasteiger charge is -2.18. The van der Waals surface area contributed by atoms with Crippen molar-refractivity contribution in [2.75, 3.05) is 0 Å². The first-order chi connectivity index (χ1) is 11.4. The Morgan fingerprint density at radius 2 is 1.54 bits per heavy atom. The summed E-state index contributed by atoms with van der Waals surface area (Å²) in [5, 5.41) is 17.5. The van der Waals surface area contributed by atoms with Gasteiger partial charge in [0.15, 0.2) is 0 Å². The van der Waals surface area contributed by atoms with Gasteiger partial charge in [-0.05, 0) is 69.6 Å². The van der Waals surface area contributed by atoms with Gasteiger partial charge in [-0.3, -0.25) is 9.59 Å². The summed E-state index contributed by atoms with van der Waals surface area (Å²) in [4.78, 5) is 21.3. The Hall–Kier alpha value is -2.04. The summed E-state index contributed by atoms with van der Waals surface area (Å²) in [7, 11) is 0. The molecule has 0 aliphatic heterocycles. The molecule has 0 aliphatic carbocycles. The maximum Gasteiger partial charge on any atom is 0.303 e. The first-order valence-corrected chi connectivity index (χ1v) is 8.61. The molecular formula is C19H28O5. The minimum atomic E-state index is -0.768. The smallest absolute Gasteiger partial charge is 0.303 e. The Labute approximate surface area is 143 Å². The van der Waals surface area contributed by atoms with E-state index in [0.717, 1.165) is 37.0 Å². The van der Waals surface area contributed by atoms with Crippen LogP contribution in [-0.2, 0) is 22.4 Å². The Morgan fingerprint density at radius 1 is 0.958 bits per heavy atom. The third-order valence-corrected chi connectivity index (χ3v) is 3.75. The monoisotopic (exact) mass is 336 g/mol. The molecule has 0 saturated heterocycles. The molecule has 0 amide bonds. The molecule has 1 aromatic carbocycles. The average molecular weight is 336 g/mol. The first kappa shape index (κ1) is 20.0. The Morgan fingerprint density at radius 3 is 2.08 bits per heavy atom. The largest absolute Gasteiger partial charge is 0.491 e. The third-order valence-electron chi connectivity index (χ3n) is 3.75. The van der Waals surface area contributed by atoms with Crippen molar-refractivity contribution in [3.63, 3.8) is 0 Å². The third kappa shape index (κ3) is 7.99. The van der Waals surface area contributed by atoms with E-state index in [0.29, 0.717) is 12.8 Å². The number of hydrogen-bond donors (Lipinski definition) is 2. The lowest BCUT2D eigenvalue weighted by molar-refractivity contribution is -0.138. The van der Waals surface area contributed by atoms with Crippen LogP contribution in [0.4, 0.5) is 0 Å². The van der Waals surface area contributed by atoms with E-state index >= 15 is 0 Å². The fourth-order valence-electron chi connectivity index (χ4n) is 2.66. The number of ether oxygens (including phenoxy) is 1. The maximum atomic E-state index is 10.6. The highest BCUT2D eigenvalue weighted by atomic mass is 16.5. The SMILES string of the molecule is CC(C)Oc1cccc(CCCCC(=O)O)c1CCCCC(=O)O. The molecule has 0 atom stereocenters. The molecule has 0 radical (unpaired) electrons. The molecular weight excluding hydrogens is 308 g/mol. The summed E-state index contributed by atoms with van der Waals surface area (Å²) in [6.45, 7) is 3.96. The van der Waals surface area contributed by atoms with Crippen molar-refractivity contribution in [2.24, 2.45) is 0 Å². The molecule has 0 fully saturated rings. The number of aliphatic carboxylic acids is 2. The van der Waals surface area contributed by atoms with Gasteiger partial charge < -0.3 is 14.9 Å². The van der Waals surface area contributed by atoms with Crippen LogP contribution in [0.15, 0.2) is 18.2 Å². The highest BCUT2D eigenvalue weighted by Gasteiger charge is 2.11. The number of unbranched alkanes of at least 4 members (excludes halogenated alkanes) is 2. The fraction of sp³-hybridized carbons (Fsp3) is 0.579. The molecule has 5 nitrogen and oxygen atoms in total. The van der Waals surface area contributed by atoms with Crippen molar-refractivity contribution >= 4 is 11.9 Å². The normalized spacial score (nSPS) is 10.8. The summed E-state index contributed by atoms with van der Waals surface area (Å²) in [5.74, 6) is -0.674. The van der Waals surface area contributed by atoms with E-state index in [2.05, 4.69) is 6.07 Å². The second-order valence-electron chi connectivity index (χ2n) is 6.26. The molecule has 2 N–H and O–H groups in total. The van der Waals surface area contributed by atoms with Gasteiger partial charge in [0.1, 0.15) is 5.75 Å². The number of hydrogen-bond acceptors (Lipinski definition) is 3. The van der Waals surface area contributed by atoms with Gasteiger partial charge in [-0.15, -0.1) is 0 Å². The predicted octanol–water partition coefficient (Wildman–Crippen LogP) is 4.07. The van der Waals surface area contributed by atoms with E-state index in [1.54, 1.807) is 0 Å². The predicted molar refractivity (Wildman–Crippen MR) is 92.6 cm³/mol. The molecule has 0 heterocycles. The zero-order valence-electron chi connectivity index (χ0n) is 14.6. The summed E-state index contributed by atoms with van der Waals surface area (Å²) < 4.78 is 5.90. The summed E-state index contributed by atoms with van der Waals surface area (Å²) >= 11 is 0. The van der Waals surface area contributed by atoms with Gasteiger partial charge >= 0.3 is 11.9 Å². The summed E-state index contributed by atoms with van der Waals surface area (Å²) in [5.41, 5.74) is 2.31. The number of carboxylic acid groups (broad SMARTS) is 2. The fourth-order valence-corrected chi connectivity index (χ4v) is 2.66. The van der Waals surface area contributed by atoms with Crippen molar-refractivity contribution in [1.82, 2.24) is 0 Å². The van der Waals surface area contributed by atoms with Crippen LogP contribution in [0, 0.1) is 0 Å². The van der Waals surface area contributed by atoms with Gasteiger partial charge in [0, 0.05) is 12.8 Å². The molecule has 0 aromatic heterocycles. The molecule has 5 heteroatoms. The highest BCUT2D eigenvalue weighted by molar-refractivity contribution is 5.66. The van der Waals surface area contributed by atoms with Crippen molar-refractivity contribution in [3.8, 4) is 5.75 Å². The van der Waals surface area contributed by atoms with E-state index in [1.807, 2.05) is 26.0 Å². The van der Waals surface area contributed by atoms with Gasteiger partial charge in [0.25, 0.3) is 0 Å². The Bertz CT molecular complexity index is 537. The maximum absolute atomic E-state index is 10.6. The zero-order chi connectivity index (χ0) is 17.9. The summed E-state index contributed by atoms with van der Waals surface area (Å²) in [6, 6.07) is 5.97. The number of carboxylic acids is 2. The van der Waals surface area contributed by atoms with Crippen LogP contribution in [-0.4, -0.2) is 28.3 Å². The Kier molecular flexibility index (Phi) is 8.90. The molecule has 1 rings (SSSR count). The van der Waals surface area contributed by atoms with Gasteiger partial charge in [-0.2, -0.15) is 0 Å². The molecule has 0 bridgehead atoms. The van der Waals surface area contributed by atoms with Crippen LogP contribution in [0.5, 0.6) is 5.75 Å². The molecule has 1 aromatic rings. The van der Waals surface area contributed by atoms with Crippen LogP contribution in [0.3, 0.4) is 0 Å². The zero-order valence-corrected chi connectivity index (χ0v) is 14.6. The molecule has 0 aliphatic rings. The second kappa shape index (κ2) is 10.7. The van der Waals surface area contributed by atoms with Crippen LogP contribution >= 0.6 is 0 Å². The van der Waals surface area contributed by atoms with E-state index in [1.165, 1.54) is 5.56 Å². The summed E-state index contributed by atoms with van der Waals surface area (Å²) in [6.07, 6.45) is 4.96.